The Hall–Kier alpha value is -2.21. The molecule has 0 aliphatic carbocycles. The first kappa shape index (κ1) is 14.2. The molecule has 6 nitrogen and oxygen atoms in total. The van der Waals surface area contributed by atoms with Gasteiger partial charge in [0.2, 0.25) is 0 Å². The molecule has 1 atom stereocenters. The van der Waals surface area contributed by atoms with Gasteiger partial charge in [0.05, 0.1) is 17.2 Å². The van der Waals surface area contributed by atoms with Crippen LogP contribution in [0.4, 0.5) is 5.82 Å². The molecule has 0 saturated carbocycles. The summed E-state index contributed by atoms with van der Waals surface area (Å²) in [6, 6.07) is 4.80. The van der Waals surface area contributed by atoms with Gasteiger partial charge in [0.1, 0.15) is 12.1 Å². The number of aromatic nitrogens is 2. The van der Waals surface area contributed by atoms with Crippen LogP contribution in [0.15, 0.2) is 24.5 Å². The first-order chi connectivity index (χ1) is 9.61. The summed E-state index contributed by atoms with van der Waals surface area (Å²) in [5, 5.41) is 13.0. The average molecular weight is 275 g/mol. The Morgan fingerprint density at radius 2 is 2.25 bits per heavy atom. The first-order valence-electron chi connectivity index (χ1n) is 6.45. The number of hydrogen-bond donors (Lipinski definition) is 2. The maximum Gasteiger partial charge on any atom is 0.335 e. The van der Waals surface area contributed by atoms with E-state index in [-0.39, 0.29) is 11.7 Å². The average Bonchev–Trinajstić information content (AvgIpc) is 2.44. The molecule has 6 heteroatoms. The molecular weight excluding hydrogens is 258 g/mol. The standard InChI is InChI=1S/C14H17N3O3/c1-3-20-9(2)7-15-13-11-5-4-10(14(18)19)6-12(11)16-8-17-13/h4-6,8-9H,3,7H2,1-2H3,(H,18,19)(H,15,16,17). The minimum atomic E-state index is -0.968. The van der Waals surface area contributed by atoms with Crippen molar-refractivity contribution in [2.75, 3.05) is 18.5 Å². The molecule has 0 aliphatic rings. The zero-order valence-electron chi connectivity index (χ0n) is 11.5. The fraction of sp³-hybridized carbons (Fsp3) is 0.357. The van der Waals surface area contributed by atoms with Crippen LogP contribution in [0, 0.1) is 0 Å². The third kappa shape index (κ3) is 3.21. The maximum atomic E-state index is 10.9. The lowest BCUT2D eigenvalue weighted by molar-refractivity contribution is 0.0697. The molecule has 0 aliphatic heterocycles. The summed E-state index contributed by atoms with van der Waals surface area (Å²) in [5.41, 5.74) is 0.816. The van der Waals surface area contributed by atoms with Gasteiger partial charge >= 0.3 is 5.97 Å². The minimum absolute atomic E-state index is 0.0725. The van der Waals surface area contributed by atoms with Crippen LogP contribution in [0.25, 0.3) is 10.9 Å². The molecule has 0 radical (unpaired) electrons. The highest BCUT2D eigenvalue weighted by Crippen LogP contribution is 2.20. The number of carboxylic acids is 1. The van der Waals surface area contributed by atoms with Gasteiger partial charge in [0.25, 0.3) is 0 Å². The van der Waals surface area contributed by atoms with E-state index in [4.69, 9.17) is 9.84 Å². The molecule has 1 heterocycles. The minimum Gasteiger partial charge on any atom is -0.478 e. The number of fused-ring (bicyclic) bond motifs is 1. The van der Waals surface area contributed by atoms with Gasteiger partial charge in [-0.1, -0.05) is 0 Å². The molecule has 0 fully saturated rings. The third-order valence-electron chi connectivity index (χ3n) is 2.89. The van der Waals surface area contributed by atoms with Crippen LogP contribution < -0.4 is 5.32 Å². The number of hydrogen-bond acceptors (Lipinski definition) is 5. The summed E-state index contributed by atoms with van der Waals surface area (Å²) >= 11 is 0. The van der Waals surface area contributed by atoms with E-state index < -0.39 is 5.97 Å². The Morgan fingerprint density at radius 3 is 2.95 bits per heavy atom. The van der Waals surface area contributed by atoms with Crippen molar-refractivity contribution in [3.63, 3.8) is 0 Å². The summed E-state index contributed by atoms with van der Waals surface area (Å²) < 4.78 is 5.44. The van der Waals surface area contributed by atoms with E-state index in [0.717, 1.165) is 5.39 Å². The molecule has 1 aromatic heterocycles. The molecule has 2 rings (SSSR count). The topological polar surface area (TPSA) is 84.3 Å². The van der Waals surface area contributed by atoms with Crippen molar-refractivity contribution in [2.24, 2.45) is 0 Å². The van der Waals surface area contributed by atoms with Crippen molar-refractivity contribution in [3.8, 4) is 0 Å². The Morgan fingerprint density at radius 1 is 1.45 bits per heavy atom. The van der Waals surface area contributed by atoms with Crippen LogP contribution >= 0.6 is 0 Å². The van der Waals surface area contributed by atoms with Crippen LogP contribution in [-0.4, -0.2) is 40.3 Å². The van der Waals surface area contributed by atoms with Crippen molar-refractivity contribution in [2.45, 2.75) is 20.0 Å². The molecule has 0 amide bonds. The second-order valence-corrected chi connectivity index (χ2v) is 4.41. The number of nitrogens with one attached hydrogen (secondary N) is 1. The van der Waals surface area contributed by atoms with Gasteiger partial charge in [-0.3, -0.25) is 0 Å². The van der Waals surface area contributed by atoms with Crippen molar-refractivity contribution in [3.05, 3.63) is 30.1 Å². The molecule has 0 spiro atoms. The molecule has 0 bridgehead atoms. The molecule has 1 unspecified atom stereocenters. The van der Waals surface area contributed by atoms with E-state index in [0.29, 0.717) is 24.5 Å². The van der Waals surface area contributed by atoms with Crippen molar-refractivity contribution in [1.29, 1.82) is 0 Å². The second kappa shape index (κ2) is 6.29. The Labute approximate surface area is 116 Å². The summed E-state index contributed by atoms with van der Waals surface area (Å²) in [6.45, 7) is 5.21. The van der Waals surface area contributed by atoms with Crippen LogP contribution in [0.1, 0.15) is 24.2 Å². The van der Waals surface area contributed by atoms with Crippen LogP contribution in [0.3, 0.4) is 0 Å². The Bertz CT molecular complexity index is 616. The summed E-state index contributed by atoms with van der Waals surface area (Å²) in [4.78, 5) is 19.2. The molecule has 0 saturated heterocycles. The summed E-state index contributed by atoms with van der Waals surface area (Å²) in [6.07, 6.45) is 1.49. The highest BCUT2D eigenvalue weighted by atomic mass is 16.5. The largest absolute Gasteiger partial charge is 0.478 e. The zero-order valence-corrected chi connectivity index (χ0v) is 11.5. The van der Waals surface area contributed by atoms with Gasteiger partial charge in [0.15, 0.2) is 0 Å². The van der Waals surface area contributed by atoms with E-state index in [9.17, 15) is 4.79 Å². The van der Waals surface area contributed by atoms with Crippen LogP contribution in [-0.2, 0) is 4.74 Å². The fourth-order valence-electron chi connectivity index (χ4n) is 1.91. The predicted octanol–water partition coefficient (Wildman–Crippen LogP) is 2.16. The number of rotatable bonds is 6. The monoisotopic (exact) mass is 275 g/mol. The summed E-state index contributed by atoms with van der Waals surface area (Å²) in [7, 11) is 0. The summed E-state index contributed by atoms with van der Waals surface area (Å²) in [5.74, 6) is -0.288. The van der Waals surface area contributed by atoms with E-state index >= 15 is 0 Å². The Kier molecular flexibility index (Phi) is 4.47. The molecule has 1 aromatic carbocycles. The number of carboxylic acid groups (broad SMARTS) is 1. The van der Waals surface area contributed by atoms with Crippen molar-refractivity contribution >= 4 is 22.7 Å². The van der Waals surface area contributed by atoms with Crippen LogP contribution in [0.2, 0.25) is 0 Å². The normalized spacial score (nSPS) is 12.3. The van der Waals surface area contributed by atoms with Gasteiger partial charge in [-0.05, 0) is 32.0 Å². The molecule has 2 N–H and O–H groups in total. The van der Waals surface area contributed by atoms with E-state index in [1.54, 1.807) is 12.1 Å². The van der Waals surface area contributed by atoms with E-state index in [1.165, 1.54) is 12.4 Å². The lowest BCUT2D eigenvalue weighted by Crippen LogP contribution is -2.20. The number of aromatic carboxylic acids is 1. The molecule has 20 heavy (non-hydrogen) atoms. The second-order valence-electron chi connectivity index (χ2n) is 4.41. The zero-order chi connectivity index (χ0) is 14.5. The number of carbonyl (C=O) groups is 1. The predicted molar refractivity (Wildman–Crippen MR) is 76.1 cm³/mol. The van der Waals surface area contributed by atoms with Crippen LogP contribution in [0.5, 0.6) is 0 Å². The number of benzene rings is 1. The van der Waals surface area contributed by atoms with Gasteiger partial charge in [-0.15, -0.1) is 0 Å². The third-order valence-corrected chi connectivity index (χ3v) is 2.89. The highest BCUT2D eigenvalue weighted by Gasteiger charge is 2.09. The van der Waals surface area contributed by atoms with E-state index in [2.05, 4.69) is 15.3 Å². The smallest absolute Gasteiger partial charge is 0.335 e. The molecular formula is C14H17N3O3. The van der Waals surface area contributed by atoms with Gasteiger partial charge < -0.3 is 15.2 Å². The van der Waals surface area contributed by atoms with Crippen molar-refractivity contribution in [1.82, 2.24) is 9.97 Å². The van der Waals surface area contributed by atoms with Gasteiger partial charge in [-0.2, -0.15) is 0 Å². The van der Waals surface area contributed by atoms with E-state index in [1.807, 2.05) is 13.8 Å². The lowest BCUT2D eigenvalue weighted by Gasteiger charge is -2.14. The van der Waals surface area contributed by atoms with Crippen molar-refractivity contribution < 1.29 is 14.6 Å². The SMILES string of the molecule is CCOC(C)CNc1ncnc2cc(C(=O)O)ccc12. The van der Waals surface area contributed by atoms with Gasteiger partial charge in [-0.25, -0.2) is 14.8 Å². The fourth-order valence-corrected chi connectivity index (χ4v) is 1.91. The number of ether oxygens (including phenoxy) is 1. The first-order valence-corrected chi connectivity index (χ1v) is 6.45. The number of anilines is 1. The maximum absolute atomic E-state index is 10.9. The number of nitrogens with zero attached hydrogens (tertiary/aromatic N) is 2. The van der Waals surface area contributed by atoms with Gasteiger partial charge in [0, 0.05) is 18.5 Å². The Balaban J connectivity index is 2.24. The quantitative estimate of drug-likeness (QED) is 0.840. The molecule has 106 valence electrons. The molecule has 2 aromatic rings. The lowest BCUT2D eigenvalue weighted by atomic mass is 10.1. The highest BCUT2D eigenvalue weighted by molar-refractivity contribution is 5.96.